The summed E-state index contributed by atoms with van der Waals surface area (Å²) in [5.74, 6) is 0.0375. The first-order chi connectivity index (χ1) is 7.15. The lowest BCUT2D eigenvalue weighted by atomic mass is 10.1. The molecule has 4 heteroatoms. The number of nitrogens with zero attached hydrogens (tertiary/aromatic N) is 2. The molecule has 0 aliphatic carbocycles. The number of hydrogen-bond donors (Lipinski definition) is 1. The second-order valence-corrected chi connectivity index (χ2v) is 3.53. The molecular weight excluding hydrogens is 190 g/mol. The number of carbonyl (C=O) groups excluding carboxylic acids is 1. The summed E-state index contributed by atoms with van der Waals surface area (Å²) in [4.78, 5) is 17.2. The summed E-state index contributed by atoms with van der Waals surface area (Å²) in [5.41, 5.74) is 6.58. The molecule has 0 bridgehead atoms. The lowest BCUT2D eigenvalue weighted by Crippen LogP contribution is -2.32. The highest BCUT2D eigenvalue weighted by atomic mass is 16.2. The first-order valence-electron chi connectivity index (χ1n) is 5.07. The molecule has 1 amide bonds. The fourth-order valence-corrected chi connectivity index (χ4v) is 1.22. The summed E-state index contributed by atoms with van der Waals surface area (Å²) in [6.45, 7) is 1.98. The van der Waals surface area contributed by atoms with Crippen LogP contribution in [0.1, 0.15) is 19.8 Å². The second kappa shape index (κ2) is 5.46. The van der Waals surface area contributed by atoms with Crippen molar-refractivity contribution in [3.63, 3.8) is 0 Å². The Labute approximate surface area is 90.1 Å². The maximum Gasteiger partial charge on any atom is 0.228 e. The van der Waals surface area contributed by atoms with E-state index >= 15 is 0 Å². The third kappa shape index (κ3) is 3.32. The van der Waals surface area contributed by atoms with Gasteiger partial charge in [0.1, 0.15) is 0 Å². The number of anilines is 1. The summed E-state index contributed by atoms with van der Waals surface area (Å²) >= 11 is 0. The summed E-state index contributed by atoms with van der Waals surface area (Å²) in [5, 5.41) is 0. The molecule has 1 aromatic rings. The van der Waals surface area contributed by atoms with Crippen LogP contribution in [-0.2, 0) is 4.79 Å². The van der Waals surface area contributed by atoms with Crippen molar-refractivity contribution < 1.29 is 4.79 Å². The third-order valence-electron chi connectivity index (χ3n) is 2.39. The standard InChI is InChI=1S/C11H17N3O/c1-3-9(12)8-11(15)14(2)10-4-6-13-7-5-10/h4-7,9H,3,8,12H2,1-2H3. The van der Waals surface area contributed by atoms with Crippen LogP contribution in [0.5, 0.6) is 0 Å². The lowest BCUT2D eigenvalue weighted by molar-refractivity contribution is -0.118. The molecule has 15 heavy (non-hydrogen) atoms. The molecule has 0 radical (unpaired) electrons. The van der Waals surface area contributed by atoms with Crippen LogP contribution in [0.2, 0.25) is 0 Å². The summed E-state index contributed by atoms with van der Waals surface area (Å²) < 4.78 is 0. The Morgan fingerprint density at radius 2 is 2.13 bits per heavy atom. The van der Waals surface area contributed by atoms with Crippen LogP contribution in [0.4, 0.5) is 5.69 Å². The Balaban J connectivity index is 2.61. The van der Waals surface area contributed by atoms with Crippen molar-refractivity contribution in [3.05, 3.63) is 24.5 Å². The minimum Gasteiger partial charge on any atom is -0.327 e. The van der Waals surface area contributed by atoms with Crippen molar-refractivity contribution in [2.24, 2.45) is 5.73 Å². The molecule has 0 aliphatic heterocycles. The van der Waals surface area contributed by atoms with E-state index in [-0.39, 0.29) is 11.9 Å². The van der Waals surface area contributed by atoms with Crippen molar-refractivity contribution in [1.29, 1.82) is 0 Å². The number of aromatic nitrogens is 1. The van der Waals surface area contributed by atoms with E-state index < -0.39 is 0 Å². The van der Waals surface area contributed by atoms with Crippen molar-refractivity contribution in [2.75, 3.05) is 11.9 Å². The molecule has 0 spiro atoms. The average Bonchev–Trinajstić information content (AvgIpc) is 2.29. The minimum atomic E-state index is -0.0539. The zero-order valence-electron chi connectivity index (χ0n) is 9.18. The highest BCUT2D eigenvalue weighted by molar-refractivity contribution is 5.92. The second-order valence-electron chi connectivity index (χ2n) is 3.53. The zero-order chi connectivity index (χ0) is 11.3. The van der Waals surface area contributed by atoms with Gasteiger partial charge in [0.15, 0.2) is 0 Å². The molecule has 0 fully saturated rings. The van der Waals surface area contributed by atoms with Gasteiger partial charge in [0, 0.05) is 37.6 Å². The molecule has 1 aromatic heterocycles. The average molecular weight is 207 g/mol. The molecule has 1 atom stereocenters. The van der Waals surface area contributed by atoms with E-state index in [0.717, 1.165) is 12.1 Å². The van der Waals surface area contributed by atoms with E-state index in [0.29, 0.717) is 6.42 Å². The van der Waals surface area contributed by atoms with E-state index in [1.165, 1.54) is 0 Å². The quantitative estimate of drug-likeness (QED) is 0.806. The van der Waals surface area contributed by atoms with E-state index in [1.807, 2.05) is 6.92 Å². The summed E-state index contributed by atoms with van der Waals surface area (Å²) in [6, 6.07) is 3.55. The van der Waals surface area contributed by atoms with Gasteiger partial charge in [-0.3, -0.25) is 9.78 Å². The predicted molar refractivity (Wildman–Crippen MR) is 60.5 cm³/mol. The Morgan fingerprint density at radius 1 is 1.53 bits per heavy atom. The van der Waals surface area contributed by atoms with Crippen LogP contribution in [0, 0.1) is 0 Å². The number of nitrogens with two attached hydrogens (primary N) is 1. The molecule has 1 unspecified atom stereocenters. The molecular formula is C11H17N3O. The van der Waals surface area contributed by atoms with Gasteiger partial charge in [-0.1, -0.05) is 6.92 Å². The van der Waals surface area contributed by atoms with Crippen molar-refractivity contribution in [2.45, 2.75) is 25.8 Å². The van der Waals surface area contributed by atoms with Gasteiger partial charge < -0.3 is 10.6 Å². The first-order valence-corrected chi connectivity index (χ1v) is 5.07. The minimum absolute atomic E-state index is 0.0375. The van der Waals surface area contributed by atoms with Crippen molar-refractivity contribution in [1.82, 2.24) is 4.98 Å². The van der Waals surface area contributed by atoms with Crippen LogP contribution in [0.25, 0.3) is 0 Å². The molecule has 0 saturated heterocycles. The molecule has 0 aliphatic rings. The third-order valence-corrected chi connectivity index (χ3v) is 2.39. The molecule has 4 nitrogen and oxygen atoms in total. The normalized spacial score (nSPS) is 12.2. The fraction of sp³-hybridized carbons (Fsp3) is 0.455. The number of amides is 1. The van der Waals surface area contributed by atoms with E-state index in [4.69, 9.17) is 5.73 Å². The number of carbonyl (C=O) groups is 1. The maximum atomic E-state index is 11.7. The van der Waals surface area contributed by atoms with Gasteiger partial charge in [-0.25, -0.2) is 0 Å². The van der Waals surface area contributed by atoms with Crippen molar-refractivity contribution >= 4 is 11.6 Å². The smallest absolute Gasteiger partial charge is 0.228 e. The van der Waals surface area contributed by atoms with Crippen molar-refractivity contribution in [3.8, 4) is 0 Å². The summed E-state index contributed by atoms with van der Waals surface area (Å²) in [7, 11) is 1.75. The SMILES string of the molecule is CCC(N)CC(=O)N(C)c1ccncc1. The van der Waals surface area contributed by atoms with Gasteiger partial charge in [0.05, 0.1) is 0 Å². The maximum absolute atomic E-state index is 11.7. The lowest BCUT2D eigenvalue weighted by Gasteiger charge is -2.18. The van der Waals surface area contributed by atoms with Gasteiger partial charge in [0.25, 0.3) is 0 Å². The molecule has 2 N–H and O–H groups in total. The van der Waals surface area contributed by atoms with Gasteiger partial charge in [-0.05, 0) is 18.6 Å². The van der Waals surface area contributed by atoms with E-state index in [2.05, 4.69) is 4.98 Å². The van der Waals surface area contributed by atoms with Crippen LogP contribution in [0.15, 0.2) is 24.5 Å². The zero-order valence-corrected chi connectivity index (χ0v) is 9.18. The molecule has 0 aromatic carbocycles. The fourth-order valence-electron chi connectivity index (χ4n) is 1.22. The van der Waals surface area contributed by atoms with E-state index in [1.54, 1.807) is 36.5 Å². The first kappa shape index (κ1) is 11.7. The molecule has 1 heterocycles. The molecule has 82 valence electrons. The molecule has 0 saturated carbocycles. The topological polar surface area (TPSA) is 59.2 Å². The Kier molecular flexibility index (Phi) is 4.24. The monoisotopic (exact) mass is 207 g/mol. The number of pyridine rings is 1. The number of rotatable bonds is 4. The van der Waals surface area contributed by atoms with E-state index in [9.17, 15) is 4.79 Å². The molecule has 1 rings (SSSR count). The van der Waals surface area contributed by atoms with Gasteiger partial charge in [0.2, 0.25) is 5.91 Å². The van der Waals surface area contributed by atoms with Crippen LogP contribution >= 0.6 is 0 Å². The largest absolute Gasteiger partial charge is 0.327 e. The van der Waals surface area contributed by atoms with Crippen LogP contribution in [-0.4, -0.2) is 24.0 Å². The highest BCUT2D eigenvalue weighted by Gasteiger charge is 2.13. The van der Waals surface area contributed by atoms with Crippen LogP contribution in [0.3, 0.4) is 0 Å². The summed E-state index contributed by atoms with van der Waals surface area (Å²) in [6.07, 6.45) is 4.53. The van der Waals surface area contributed by atoms with Gasteiger partial charge in [-0.2, -0.15) is 0 Å². The number of hydrogen-bond acceptors (Lipinski definition) is 3. The Morgan fingerprint density at radius 3 is 2.67 bits per heavy atom. The highest BCUT2D eigenvalue weighted by Crippen LogP contribution is 2.11. The Hall–Kier alpha value is -1.42. The Bertz CT molecular complexity index is 313. The van der Waals surface area contributed by atoms with Gasteiger partial charge in [-0.15, -0.1) is 0 Å². The van der Waals surface area contributed by atoms with Crippen LogP contribution < -0.4 is 10.6 Å². The predicted octanol–water partition coefficient (Wildman–Crippen LogP) is 1.17. The van der Waals surface area contributed by atoms with Gasteiger partial charge >= 0.3 is 0 Å².